The molecule has 0 bridgehead atoms. The molecular weight excluding hydrogens is 479 g/mol. The van der Waals surface area contributed by atoms with Crippen LogP contribution in [0.15, 0.2) is 52.5 Å². The molecule has 2 aromatic rings. The fourth-order valence-electron chi connectivity index (χ4n) is 3.76. The summed E-state index contributed by atoms with van der Waals surface area (Å²) in [4.78, 5) is 12.8. The number of benzene rings is 2. The lowest BCUT2D eigenvalue weighted by Gasteiger charge is -2.34. The van der Waals surface area contributed by atoms with Crippen LogP contribution in [-0.4, -0.2) is 33.9 Å². The molecule has 3 rings (SSSR count). The third kappa shape index (κ3) is 7.00. The molecule has 1 saturated carbocycles. The van der Waals surface area contributed by atoms with Crippen LogP contribution in [0.1, 0.15) is 50.2 Å². The first-order valence-electron chi connectivity index (χ1n) is 11.2. The number of halogens is 3. The number of rotatable bonds is 9. The number of ether oxygens (including phenoxy) is 1. The van der Waals surface area contributed by atoms with E-state index in [1.165, 1.54) is 23.9 Å². The monoisotopic (exact) mass is 507 g/mol. The molecule has 3 N–H and O–H groups in total. The van der Waals surface area contributed by atoms with Crippen molar-refractivity contribution in [3.63, 3.8) is 0 Å². The van der Waals surface area contributed by atoms with Gasteiger partial charge in [0.2, 0.25) is 5.60 Å². The fraction of sp³-hybridized carbons (Fsp3) is 0.400. The molecule has 0 unspecified atom stereocenters. The average molecular weight is 508 g/mol. The second-order valence-electron chi connectivity index (χ2n) is 8.55. The number of nitrogens with zero attached hydrogens (tertiary/aromatic N) is 1. The Bertz CT molecular complexity index is 1100. The normalized spacial score (nSPS) is 16.0. The minimum Gasteiger partial charge on any atom is -0.478 e. The van der Waals surface area contributed by atoms with Crippen molar-refractivity contribution in [3.05, 3.63) is 53.6 Å². The molecule has 6 nitrogen and oxygen atoms in total. The molecule has 188 valence electrons. The number of aryl methyl sites for hydroxylation is 1. The molecule has 35 heavy (non-hydrogen) atoms. The fourth-order valence-corrected chi connectivity index (χ4v) is 4.77. The molecule has 0 radical (unpaired) electrons. The summed E-state index contributed by atoms with van der Waals surface area (Å²) in [6.45, 7) is 3.45. The van der Waals surface area contributed by atoms with Gasteiger partial charge in [0.15, 0.2) is 0 Å². The first-order valence-corrected chi connectivity index (χ1v) is 12.2. The largest absolute Gasteiger partial charge is 0.478 e. The van der Waals surface area contributed by atoms with E-state index in [4.69, 9.17) is 10.1 Å². The van der Waals surface area contributed by atoms with Gasteiger partial charge in [0, 0.05) is 10.6 Å². The smallest absolute Gasteiger partial charge is 0.416 e. The Kier molecular flexibility index (Phi) is 8.47. The van der Waals surface area contributed by atoms with Crippen LogP contribution < -0.4 is 10.2 Å². The Morgan fingerprint density at radius 3 is 2.37 bits per heavy atom. The van der Waals surface area contributed by atoms with Crippen molar-refractivity contribution < 1.29 is 27.8 Å². The number of alkyl halides is 3. The molecule has 0 aromatic heterocycles. The highest BCUT2D eigenvalue weighted by molar-refractivity contribution is 8.00. The molecular formula is C25H28F3N3O3S. The number of carboxylic acids is 1. The number of hydrogen-bond donors (Lipinski definition) is 3. The highest BCUT2D eigenvalue weighted by Gasteiger charge is 2.42. The summed E-state index contributed by atoms with van der Waals surface area (Å²) < 4.78 is 44.2. The van der Waals surface area contributed by atoms with E-state index in [2.05, 4.69) is 10.5 Å². The number of nitrogens with one attached hydrogen (secondary N) is 2. The lowest BCUT2D eigenvalue weighted by atomic mass is 9.84. The van der Waals surface area contributed by atoms with Gasteiger partial charge >= 0.3 is 12.1 Å². The quantitative estimate of drug-likeness (QED) is 0.198. The number of carboxylic acid groups (broad SMARTS) is 1. The molecule has 2 aromatic carbocycles. The summed E-state index contributed by atoms with van der Waals surface area (Å²) >= 11 is 1.44. The maximum atomic E-state index is 12.7. The van der Waals surface area contributed by atoms with Crippen molar-refractivity contribution in [3.8, 4) is 5.75 Å². The van der Waals surface area contributed by atoms with E-state index in [0.29, 0.717) is 35.7 Å². The number of hydrazone groups is 1. The van der Waals surface area contributed by atoms with Crippen molar-refractivity contribution in [2.24, 2.45) is 5.10 Å². The molecule has 1 fully saturated rings. The zero-order valence-corrected chi connectivity index (χ0v) is 20.4. The van der Waals surface area contributed by atoms with Crippen molar-refractivity contribution >= 4 is 34.8 Å². The zero-order chi connectivity index (χ0) is 25.6. The minimum atomic E-state index is -4.40. The van der Waals surface area contributed by atoms with E-state index in [-0.39, 0.29) is 5.71 Å². The van der Waals surface area contributed by atoms with Crippen LogP contribution in [0.3, 0.4) is 0 Å². The Hall–Kier alpha value is -3.01. The Balaban J connectivity index is 1.65. The Labute approximate surface area is 206 Å². The van der Waals surface area contributed by atoms with E-state index in [1.807, 2.05) is 19.1 Å². The minimum absolute atomic E-state index is 0.231. The van der Waals surface area contributed by atoms with Crippen molar-refractivity contribution in [2.75, 3.05) is 11.2 Å². The Morgan fingerprint density at radius 2 is 1.83 bits per heavy atom. The van der Waals surface area contributed by atoms with E-state index in [9.17, 15) is 23.1 Å². The van der Waals surface area contributed by atoms with E-state index < -0.39 is 23.3 Å². The molecule has 0 amide bonds. The lowest BCUT2D eigenvalue weighted by Crippen LogP contribution is -2.46. The van der Waals surface area contributed by atoms with Crippen LogP contribution in [0.4, 0.5) is 18.9 Å². The Morgan fingerprint density at radius 1 is 1.17 bits per heavy atom. The lowest BCUT2D eigenvalue weighted by molar-refractivity contribution is -0.158. The summed E-state index contributed by atoms with van der Waals surface area (Å²) in [5, 5.41) is 21.9. The van der Waals surface area contributed by atoms with Gasteiger partial charge in [-0.25, -0.2) is 4.79 Å². The van der Waals surface area contributed by atoms with Crippen LogP contribution >= 0.6 is 11.8 Å². The molecule has 0 aliphatic heterocycles. The maximum Gasteiger partial charge on any atom is 0.416 e. The molecule has 1 aliphatic carbocycles. The van der Waals surface area contributed by atoms with Crippen LogP contribution in [0.2, 0.25) is 0 Å². The SMILES string of the molecule is CC(=N)/C(CSc1ccc(OC2(C(=O)O)CCCCC2)c(C)c1)=N\Nc1ccc(C(F)(F)F)cc1. The van der Waals surface area contributed by atoms with Gasteiger partial charge in [-0.2, -0.15) is 18.3 Å². The molecule has 10 heteroatoms. The highest BCUT2D eigenvalue weighted by atomic mass is 32.2. The average Bonchev–Trinajstić information content (AvgIpc) is 2.80. The van der Waals surface area contributed by atoms with Gasteiger partial charge in [0.05, 0.1) is 22.7 Å². The highest BCUT2D eigenvalue weighted by Crippen LogP contribution is 2.36. The summed E-state index contributed by atoms with van der Waals surface area (Å²) in [7, 11) is 0. The third-order valence-electron chi connectivity index (χ3n) is 5.84. The predicted octanol–water partition coefficient (Wildman–Crippen LogP) is 6.78. The molecule has 0 spiro atoms. The van der Waals surface area contributed by atoms with Crippen LogP contribution in [0, 0.1) is 12.3 Å². The van der Waals surface area contributed by atoms with Crippen LogP contribution in [-0.2, 0) is 11.0 Å². The predicted molar refractivity (Wildman–Crippen MR) is 132 cm³/mol. The number of anilines is 1. The number of aliphatic carboxylic acids is 1. The van der Waals surface area contributed by atoms with E-state index in [0.717, 1.165) is 41.9 Å². The first kappa shape index (κ1) is 26.6. The number of hydrogen-bond acceptors (Lipinski definition) is 6. The molecule has 0 heterocycles. The summed E-state index contributed by atoms with van der Waals surface area (Å²) in [6.07, 6.45) is -0.767. The van der Waals surface area contributed by atoms with Crippen molar-refractivity contribution in [1.29, 1.82) is 5.41 Å². The molecule has 0 saturated heterocycles. The van der Waals surface area contributed by atoms with Gasteiger partial charge < -0.3 is 15.3 Å². The van der Waals surface area contributed by atoms with E-state index in [1.54, 1.807) is 13.0 Å². The molecule has 1 aliphatic rings. The summed E-state index contributed by atoms with van der Waals surface area (Å²) in [5.74, 6) is -0.0283. The van der Waals surface area contributed by atoms with Gasteiger partial charge in [0.1, 0.15) is 5.75 Å². The van der Waals surface area contributed by atoms with Gasteiger partial charge in [-0.15, -0.1) is 11.8 Å². The standard InChI is InChI=1S/C25H28F3N3O3S/c1-16-14-20(10-11-22(16)34-24(23(32)33)12-4-3-5-13-24)35-15-21(17(2)29)31-30-19-8-6-18(7-9-19)25(26,27)28/h6-11,14,29-30H,3-5,12-13,15H2,1-2H3,(H,32,33)/b29-17?,31-21-. The topological polar surface area (TPSA) is 94.8 Å². The number of thioether (sulfide) groups is 1. The second kappa shape index (κ2) is 11.2. The van der Waals surface area contributed by atoms with Gasteiger partial charge in [-0.1, -0.05) is 6.42 Å². The van der Waals surface area contributed by atoms with Crippen LogP contribution in [0.25, 0.3) is 0 Å². The third-order valence-corrected chi connectivity index (χ3v) is 6.85. The zero-order valence-electron chi connectivity index (χ0n) is 19.5. The second-order valence-corrected chi connectivity index (χ2v) is 9.60. The van der Waals surface area contributed by atoms with E-state index >= 15 is 0 Å². The van der Waals surface area contributed by atoms with Gasteiger partial charge in [-0.05, 0) is 87.6 Å². The summed E-state index contributed by atoms with van der Waals surface area (Å²) in [6, 6.07) is 10.0. The van der Waals surface area contributed by atoms with Gasteiger partial charge in [0.25, 0.3) is 0 Å². The van der Waals surface area contributed by atoms with Crippen molar-refractivity contribution in [2.45, 2.75) is 62.6 Å². The van der Waals surface area contributed by atoms with Crippen molar-refractivity contribution in [1.82, 2.24) is 0 Å². The van der Waals surface area contributed by atoms with Gasteiger partial charge in [-0.3, -0.25) is 5.43 Å². The first-order chi connectivity index (χ1) is 16.5. The number of carbonyl (C=O) groups is 1. The molecule has 0 atom stereocenters. The maximum absolute atomic E-state index is 12.7. The van der Waals surface area contributed by atoms with Crippen LogP contribution in [0.5, 0.6) is 5.75 Å². The summed E-state index contributed by atoms with van der Waals surface area (Å²) in [5.41, 5.74) is 2.66.